The van der Waals surface area contributed by atoms with E-state index in [0.717, 1.165) is 27.7 Å². The molecule has 0 amide bonds. The monoisotopic (exact) mass is 333 g/mol. The van der Waals surface area contributed by atoms with Gasteiger partial charge < -0.3 is 4.74 Å². The van der Waals surface area contributed by atoms with E-state index in [4.69, 9.17) is 4.74 Å². The summed E-state index contributed by atoms with van der Waals surface area (Å²) in [6, 6.07) is 7.32. The largest absolute Gasteiger partial charge is 0.456 e. The number of ether oxygens (including phenoxy) is 1. The highest BCUT2D eigenvalue weighted by molar-refractivity contribution is 5.90. The maximum absolute atomic E-state index is 12.2. The quantitative estimate of drug-likeness (QED) is 0.545. The van der Waals surface area contributed by atoms with Crippen LogP contribution in [0.25, 0.3) is 11.0 Å². The molecule has 0 aliphatic carbocycles. The molecule has 0 atom stereocenters. The SMILES string of the molecule is Cc1ccc(C(=O)OC(C)(C)C)cc1C#Cc1cnc2[nH]ncc2c1. The first-order valence-electron chi connectivity index (χ1n) is 7.97. The molecule has 0 radical (unpaired) electrons. The second-order valence-electron chi connectivity index (χ2n) is 6.81. The summed E-state index contributed by atoms with van der Waals surface area (Å²) in [7, 11) is 0. The number of carbonyl (C=O) groups is 1. The summed E-state index contributed by atoms with van der Waals surface area (Å²) in [5.74, 6) is 5.86. The van der Waals surface area contributed by atoms with Crippen molar-refractivity contribution in [2.45, 2.75) is 33.3 Å². The molecule has 0 aliphatic rings. The molecule has 3 rings (SSSR count). The van der Waals surface area contributed by atoms with Gasteiger partial charge in [0.1, 0.15) is 5.60 Å². The van der Waals surface area contributed by atoms with Crippen LogP contribution in [0.2, 0.25) is 0 Å². The number of fused-ring (bicyclic) bond motifs is 1. The number of hydrogen-bond acceptors (Lipinski definition) is 4. The lowest BCUT2D eigenvalue weighted by atomic mass is 10.0. The van der Waals surface area contributed by atoms with Crippen molar-refractivity contribution in [3.05, 3.63) is 58.9 Å². The molecule has 126 valence electrons. The highest BCUT2D eigenvalue weighted by atomic mass is 16.6. The second kappa shape index (κ2) is 6.40. The van der Waals surface area contributed by atoms with Crippen molar-refractivity contribution in [3.63, 3.8) is 0 Å². The number of benzene rings is 1. The molecule has 0 spiro atoms. The molecule has 25 heavy (non-hydrogen) atoms. The standard InChI is InChI=1S/C20H19N3O2/c1-13-5-7-16(19(24)25-20(2,3)4)10-15(13)8-6-14-9-17-12-22-23-18(17)21-11-14/h5,7,9-12H,1-4H3,(H,21,22,23). The summed E-state index contributed by atoms with van der Waals surface area (Å²) in [6.07, 6.45) is 3.41. The maximum Gasteiger partial charge on any atom is 0.338 e. The number of rotatable bonds is 1. The van der Waals surface area contributed by atoms with E-state index in [1.165, 1.54) is 0 Å². The van der Waals surface area contributed by atoms with Crippen LogP contribution in [-0.2, 0) is 4.74 Å². The van der Waals surface area contributed by atoms with Crippen molar-refractivity contribution in [3.8, 4) is 11.8 Å². The smallest absolute Gasteiger partial charge is 0.338 e. The summed E-state index contributed by atoms with van der Waals surface area (Å²) >= 11 is 0. The molecule has 2 aromatic heterocycles. The Hall–Kier alpha value is -3.13. The first-order valence-corrected chi connectivity index (χ1v) is 7.97. The van der Waals surface area contributed by atoms with E-state index in [0.29, 0.717) is 5.56 Å². The van der Waals surface area contributed by atoms with Crippen LogP contribution in [-0.4, -0.2) is 26.8 Å². The molecule has 0 fully saturated rings. The van der Waals surface area contributed by atoms with Crippen LogP contribution in [0.1, 0.15) is 47.8 Å². The van der Waals surface area contributed by atoms with Crippen molar-refractivity contribution in [2.24, 2.45) is 0 Å². The normalized spacial score (nSPS) is 11.0. The summed E-state index contributed by atoms with van der Waals surface area (Å²) in [5.41, 5.74) is 3.27. The topological polar surface area (TPSA) is 67.9 Å². The maximum atomic E-state index is 12.2. The summed E-state index contributed by atoms with van der Waals surface area (Å²) < 4.78 is 5.41. The zero-order valence-electron chi connectivity index (χ0n) is 14.7. The van der Waals surface area contributed by atoms with Gasteiger partial charge in [-0.2, -0.15) is 5.10 Å². The molecule has 1 N–H and O–H groups in total. The van der Waals surface area contributed by atoms with Crippen LogP contribution in [0.4, 0.5) is 0 Å². The minimum atomic E-state index is -0.528. The van der Waals surface area contributed by atoms with E-state index in [9.17, 15) is 4.79 Å². The Bertz CT molecular complexity index is 1000. The predicted octanol–water partition coefficient (Wildman–Crippen LogP) is 3.62. The van der Waals surface area contributed by atoms with E-state index in [2.05, 4.69) is 27.0 Å². The van der Waals surface area contributed by atoms with Crippen LogP contribution in [0.3, 0.4) is 0 Å². The highest BCUT2D eigenvalue weighted by Gasteiger charge is 2.18. The van der Waals surface area contributed by atoms with Gasteiger partial charge in [-0.3, -0.25) is 5.10 Å². The first kappa shape index (κ1) is 16.7. The van der Waals surface area contributed by atoms with E-state index in [1.807, 2.05) is 39.8 Å². The van der Waals surface area contributed by atoms with Crippen molar-refractivity contribution >= 4 is 17.0 Å². The number of carbonyl (C=O) groups excluding carboxylic acids is 1. The lowest BCUT2D eigenvalue weighted by Gasteiger charge is -2.19. The molecule has 3 aromatic rings. The van der Waals surface area contributed by atoms with Crippen LogP contribution in [0, 0.1) is 18.8 Å². The number of hydrogen-bond donors (Lipinski definition) is 1. The third-order valence-electron chi connectivity index (χ3n) is 3.50. The third-order valence-corrected chi connectivity index (χ3v) is 3.50. The van der Waals surface area contributed by atoms with Crippen molar-refractivity contribution in [1.29, 1.82) is 0 Å². The summed E-state index contributed by atoms with van der Waals surface area (Å²) in [5, 5.41) is 7.66. The van der Waals surface area contributed by atoms with Crippen molar-refractivity contribution in [1.82, 2.24) is 15.2 Å². The van der Waals surface area contributed by atoms with Gasteiger partial charge in [-0.15, -0.1) is 0 Å². The Morgan fingerprint density at radius 1 is 1.16 bits per heavy atom. The Kier molecular flexibility index (Phi) is 4.28. The molecule has 0 aliphatic heterocycles. The van der Waals surface area contributed by atoms with Crippen LogP contribution >= 0.6 is 0 Å². The van der Waals surface area contributed by atoms with E-state index in [1.54, 1.807) is 24.5 Å². The molecular weight excluding hydrogens is 314 g/mol. The molecule has 2 heterocycles. The third kappa shape index (κ3) is 4.04. The summed E-state index contributed by atoms with van der Waals surface area (Å²) in [6.45, 7) is 7.50. The van der Waals surface area contributed by atoms with Gasteiger partial charge in [0.25, 0.3) is 0 Å². The summed E-state index contributed by atoms with van der Waals surface area (Å²) in [4.78, 5) is 16.5. The van der Waals surface area contributed by atoms with Gasteiger partial charge in [-0.25, -0.2) is 9.78 Å². The van der Waals surface area contributed by atoms with Crippen LogP contribution in [0.15, 0.2) is 36.7 Å². The fraction of sp³-hybridized carbons (Fsp3) is 0.250. The number of aromatic amines is 1. The minimum absolute atomic E-state index is 0.350. The van der Waals surface area contributed by atoms with Gasteiger partial charge in [-0.1, -0.05) is 17.9 Å². The van der Waals surface area contributed by atoms with Gasteiger partial charge in [0.15, 0.2) is 5.65 Å². The molecule has 0 saturated carbocycles. The number of aryl methyl sites for hydroxylation is 1. The lowest BCUT2D eigenvalue weighted by molar-refractivity contribution is 0.00695. The molecule has 0 bridgehead atoms. The molecule has 5 nitrogen and oxygen atoms in total. The Labute approximate surface area is 146 Å². The van der Waals surface area contributed by atoms with Crippen molar-refractivity contribution in [2.75, 3.05) is 0 Å². The fourth-order valence-corrected chi connectivity index (χ4v) is 2.27. The van der Waals surface area contributed by atoms with Crippen LogP contribution < -0.4 is 0 Å². The second-order valence-corrected chi connectivity index (χ2v) is 6.81. The number of H-pyrrole nitrogens is 1. The zero-order chi connectivity index (χ0) is 18.0. The van der Waals surface area contributed by atoms with Gasteiger partial charge >= 0.3 is 5.97 Å². The zero-order valence-corrected chi connectivity index (χ0v) is 14.7. The average molecular weight is 333 g/mol. The van der Waals surface area contributed by atoms with Gasteiger partial charge in [0, 0.05) is 22.7 Å². The molecular formula is C20H19N3O2. The number of aromatic nitrogens is 3. The number of pyridine rings is 1. The highest BCUT2D eigenvalue weighted by Crippen LogP contribution is 2.16. The minimum Gasteiger partial charge on any atom is -0.456 e. The molecule has 5 heteroatoms. The van der Waals surface area contributed by atoms with Crippen molar-refractivity contribution < 1.29 is 9.53 Å². The van der Waals surface area contributed by atoms with E-state index >= 15 is 0 Å². The Morgan fingerprint density at radius 3 is 2.72 bits per heavy atom. The Morgan fingerprint density at radius 2 is 1.96 bits per heavy atom. The molecule has 1 aromatic carbocycles. The van der Waals surface area contributed by atoms with Gasteiger partial charge in [0.05, 0.1) is 11.8 Å². The molecule has 0 unspecified atom stereocenters. The van der Waals surface area contributed by atoms with Crippen LogP contribution in [0.5, 0.6) is 0 Å². The Balaban J connectivity index is 1.90. The average Bonchev–Trinajstić information content (AvgIpc) is 3.00. The number of nitrogens with one attached hydrogen (secondary N) is 1. The van der Waals surface area contributed by atoms with E-state index in [-0.39, 0.29) is 5.97 Å². The van der Waals surface area contributed by atoms with E-state index < -0.39 is 5.60 Å². The van der Waals surface area contributed by atoms with Gasteiger partial charge in [-0.05, 0) is 51.5 Å². The lowest BCUT2D eigenvalue weighted by Crippen LogP contribution is -2.23. The first-order chi connectivity index (χ1) is 11.8. The fourth-order valence-electron chi connectivity index (χ4n) is 2.27. The van der Waals surface area contributed by atoms with Gasteiger partial charge in [0.2, 0.25) is 0 Å². The number of esters is 1. The molecule has 0 saturated heterocycles. The number of nitrogens with zero attached hydrogens (tertiary/aromatic N) is 2. The predicted molar refractivity (Wildman–Crippen MR) is 96.2 cm³/mol.